The molecule has 0 heterocycles. The first kappa shape index (κ1) is 14.6. The Balaban J connectivity index is 0.000000288. The number of ether oxygens (including phenoxy) is 1. The lowest BCUT2D eigenvalue weighted by Crippen LogP contribution is -2.11. The Morgan fingerprint density at radius 1 is 1.38 bits per heavy atom. The smallest absolute Gasteiger partial charge is 0.368 e. The molecular formula is C12H16ClNO2. The summed E-state index contributed by atoms with van der Waals surface area (Å²) in [5.41, 5.74) is 1.32. The summed E-state index contributed by atoms with van der Waals surface area (Å²) < 4.78 is 4.49. The summed E-state index contributed by atoms with van der Waals surface area (Å²) in [6, 6.07) is 10.3. The number of hydrogen-bond acceptors (Lipinski definition) is 3. The SMILES string of the molecule is CCOC(=O)C(Cl)=NC.Cc1ccccc1. The Morgan fingerprint density at radius 2 is 1.94 bits per heavy atom. The van der Waals surface area contributed by atoms with Crippen molar-refractivity contribution < 1.29 is 9.53 Å². The van der Waals surface area contributed by atoms with E-state index in [2.05, 4.69) is 28.8 Å². The van der Waals surface area contributed by atoms with E-state index >= 15 is 0 Å². The number of rotatable bonds is 2. The molecule has 4 heteroatoms. The van der Waals surface area contributed by atoms with Gasteiger partial charge in [-0.15, -0.1) is 0 Å². The van der Waals surface area contributed by atoms with E-state index < -0.39 is 5.97 Å². The summed E-state index contributed by atoms with van der Waals surface area (Å²) in [5, 5.41) is -0.114. The summed E-state index contributed by atoms with van der Waals surface area (Å²) in [5.74, 6) is -0.568. The highest BCUT2D eigenvalue weighted by atomic mass is 35.5. The molecule has 0 fully saturated rings. The lowest BCUT2D eigenvalue weighted by atomic mass is 10.2. The standard InChI is InChI=1S/C7H8.C5H8ClNO2/c1-7-5-3-2-4-6-7;1-3-9-5(8)4(6)7-2/h2-6H,1H3;3H2,1-2H3. The number of hydrogen-bond donors (Lipinski definition) is 0. The minimum atomic E-state index is -0.568. The highest BCUT2D eigenvalue weighted by Gasteiger charge is 2.05. The molecule has 0 spiro atoms. The van der Waals surface area contributed by atoms with Crippen molar-refractivity contribution in [2.45, 2.75) is 13.8 Å². The molecule has 0 unspecified atom stereocenters. The van der Waals surface area contributed by atoms with Crippen molar-refractivity contribution >= 4 is 22.7 Å². The molecule has 0 saturated heterocycles. The zero-order valence-electron chi connectivity index (χ0n) is 9.74. The molecule has 0 bridgehead atoms. The largest absolute Gasteiger partial charge is 0.461 e. The second-order valence-corrected chi connectivity index (χ2v) is 3.25. The van der Waals surface area contributed by atoms with Gasteiger partial charge in [0.15, 0.2) is 0 Å². The highest BCUT2D eigenvalue weighted by molar-refractivity contribution is 6.81. The van der Waals surface area contributed by atoms with Gasteiger partial charge in [0.25, 0.3) is 0 Å². The van der Waals surface area contributed by atoms with Gasteiger partial charge in [0.1, 0.15) is 0 Å². The number of nitrogens with zero attached hydrogens (tertiary/aromatic N) is 1. The van der Waals surface area contributed by atoms with Crippen molar-refractivity contribution in [3.63, 3.8) is 0 Å². The number of carbonyl (C=O) groups is 1. The Hall–Kier alpha value is -1.35. The Kier molecular flexibility index (Phi) is 8.17. The predicted octanol–water partition coefficient (Wildman–Crippen LogP) is 2.81. The minimum Gasteiger partial charge on any atom is -0.461 e. The van der Waals surface area contributed by atoms with Crippen LogP contribution in [0.15, 0.2) is 35.3 Å². The fourth-order valence-corrected chi connectivity index (χ4v) is 0.871. The monoisotopic (exact) mass is 241 g/mol. The van der Waals surface area contributed by atoms with Crippen molar-refractivity contribution in [2.75, 3.05) is 13.7 Å². The molecule has 0 aromatic heterocycles. The fraction of sp³-hybridized carbons (Fsp3) is 0.333. The van der Waals surface area contributed by atoms with Gasteiger partial charge in [-0.25, -0.2) is 4.79 Å². The van der Waals surface area contributed by atoms with Crippen LogP contribution in [0.2, 0.25) is 0 Å². The zero-order chi connectivity index (χ0) is 12.4. The minimum absolute atomic E-state index is 0.114. The van der Waals surface area contributed by atoms with E-state index in [1.165, 1.54) is 12.6 Å². The van der Waals surface area contributed by atoms with Crippen LogP contribution >= 0.6 is 11.6 Å². The van der Waals surface area contributed by atoms with E-state index in [4.69, 9.17) is 11.6 Å². The number of halogens is 1. The normalized spacial score (nSPS) is 10.1. The third-order valence-electron chi connectivity index (χ3n) is 1.58. The van der Waals surface area contributed by atoms with E-state index in [0.717, 1.165) is 0 Å². The Morgan fingerprint density at radius 3 is 2.25 bits per heavy atom. The van der Waals surface area contributed by atoms with Crippen LogP contribution in [-0.4, -0.2) is 24.8 Å². The van der Waals surface area contributed by atoms with E-state index in [-0.39, 0.29) is 5.17 Å². The molecule has 0 aliphatic heterocycles. The summed E-state index contributed by atoms with van der Waals surface area (Å²) in [4.78, 5) is 13.9. The van der Waals surface area contributed by atoms with Gasteiger partial charge in [-0.2, -0.15) is 0 Å². The van der Waals surface area contributed by atoms with Crippen molar-refractivity contribution in [3.05, 3.63) is 35.9 Å². The van der Waals surface area contributed by atoms with Gasteiger partial charge < -0.3 is 4.74 Å². The number of esters is 1. The molecular weight excluding hydrogens is 226 g/mol. The molecule has 0 saturated carbocycles. The van der Waals surface area contributed by atoms with E-state index in [0.29, 0.717) is 6.61 Å². The summed E-state index contributed by atoms with van der Waals surface area (Å²) in [6.45, 7) is 4.11. The van der Waals surface area contributed by atoms with E-state index in [1.54, 1.807) is 6.92 Å². The van der Waals surface area contributed by atoms with Crippen LogP contribution in [0.25, 0.3) is 0 Å². The maximum Gasteiger partial charge on any atom is 0.368 e. The molecule has 3 nitrogen and oxygen atoms in total. The average Bonchev–Trinajstić information content (AvgIpc) is 2.30. The summed E-state index contributed by atoms with van der Waals surface area (Å²) in [6.07, 6.45) is 0. The molecule has 1 aromatic rings. The van der Waals surface area contributed by atoms with Crippen LogP contribution in [0.4, 0.5) is 0 Å². The highest BCUT2D eigenvalue weighted by Crippen LogP contribution is 1.92. The van der Waals surface area contributed by atoms with Crippen LogP contribution in [0.1, 0.15) is 12.5 Å². The van der Waals surface area contributed by atoms with Crippen LogP contribution < -0.4 is 0 Å². The molecule has 0 radical (unpaired) electrons. The lowest BCUT2D eigenvalue weighted by molar-refractivity contribution is -0.134. The first-order chi connectivity index (χ1) is 7.61. The Bertz CT molecular complexity index is 336. The van der Waals surface area contributed by atoms with Crippen molar-refractivity contribution in [1.82, 2.24) is 0 Å². The van der Waals surface area contributed by atoms with Gasteiger partial charge >= 0.3 is 5.97 Å². The first-order valence-corrected chi connectivity index (χ1v) is 5.30. The second-order valence-electron chi connectivity index (χ2n) is 2.89. The maximum absolute atomic E-state index is 10.5. The van der Waals surface area contributed by atoms with Gasteiger partial charge in [-0.05, 0) is 13.8 Å². The molecule has 0 aliphatic rings. The van der Waals surface area contributed by atoms with Gasteiger partial charge in [0.05, 0.1) is 6.61 Å². The third-order valence-corrected chi connectivity index (χ3v) is 1.90. The van der Waals surface area contributed by atoms with Crippen molar-refractivity contribution in [2.24, 2.45) is 4.99 Å². The van der Waals surface area contributed by atoms with Gasteiger partial charge in [0, 0.05) is 7.05 Å². The summed E-state index contributed by atoms with van der Waals surface area (Å²) >= 11 is 5.27. The summed E-state index contributed by atoms with van der Waals surface area (Å²) in [7, 11) is 1.43. The fourth-order valence-electron chi connectivity index (χ4n) is 0.816. The van der Waals surface area contributed by atoms with Gasteiger partial charge in [-0.3, -0.25) is 4.99 Å². The van der Waals surface area contributed by atoms with E-state index in [9.17, 15) is 4.79 Å². The molecule has 1 rings (SSSR count). The number of aliphatic imine (C=N–C) groups is 1. The molecule has 1 aromatic carbocycles. The quantitative estimate of drug-likeness (QED) is 0.590. The van der Waals surface area contributed by atoms with Crippen molar-refractivity contribution in [3.8, 4) is 0 Å². The zero-order valence-corrected chi connectivity index (χ0v) is 10.5. The molecule has 0 atom stereocenters. The van der Waals surface area contributed by atoms with Crippen molar-refractivity contribution in [1.29, 1.82) is 0 Å². The second kappa shape index (κ2) is 8.92. The van der Waals surface area contributed by atoms with Crippen LogP contribution in [0.5, 0.6) is 0 Å². The molecule has 0 aliphatic carbocycles. The number of aryl methyl sites for hydroxylation is 1. The first-order valence-electron chi connectivity index (χ1n) is 4.92. The number of benzene rings is 1. The predicted molar refractivity (Wildman–Crippen MR) is 67.0 cm³/mol. The number of carbonyl (C=O) groups excluding carboxylic acids is 1. The van der Waals surface area contributed by atoms with E-state index in [1.807, 2.05) is 18.2 Å². The Labute approximate surface area is 101 Å². The van der Waals surface area contributed by atoms with Gasteiger partial charge in [-0.1, -0.05) is 47.5 Å². The molecule has 0 N–H and O–H groups in total. The topological polar surface area (TPSA) is 38.7 Å². The molecule has 16 heavy (non-hydrogen) atoms. The average molecular weight is 242 g/mol. The van der Waals surface area contributed by atoms with Crippen LogP contribution in [0, 0.1) is 6.92 Å². The molecule has 88 valence electrons. The molecule has 0 amide bonds. The van der Waals surface area contributed by atoms with Gasteiger partial charge in [0.2, 0.25) is 5.17 Å². The van der Waals surface area contributed by atoms with Crippen LogP contribution in [-0.2, 0) is 9.53 Å². The lowest BCUT2D eigenvalue weighted by Gasteiger charge is -1.95. The van der Waals surface area contributed by atoms with Crippen LogP contribution in [0.3, 0.4) is 0 Å². The third kappa shape index (κ3) is 7.01. The maximum atomic E-state index is 10.5.